The highest BCUT2D eigenvalue weighted by Gasteiger charge is 2.23. The zero-order chi connectivity index (χ0) is 14.9. The summed E-state index contributed by atoms with van der Waals surface area (Å²) in [5.41, 5.74) is -0.0954. The molecule has 1 aliphatic carbocycles. The molecule has 1 fully saturated rings. The molecule has 1 saturated carbocycles. The predicted octanol–water partition coefficient (Wildman–Crippen LogP) is 3.19. The van der Waals surface area contributed by atoms with Crippen LogP contribution in [0.25, 0.3) is 0 Å². The van der Waals surface area contributed by atoms with E-state index in [-0.39, 0.29) is 5.41 Å². The Morgan fingerprint density at radius 1 is 1.05 bits per heavy atom. The van der Waals surface area contributed by atoms with E-state index in [0.717, 1.165) is 11.7 Å². The Morgan fingerprint density at radius 2 is 1.76 bits per heavy atom. The lowest BCUT2D eigenvalue weighted by Crippen LogP contribution is -2.13. The van der Waals surface area contributed by atoms with E-state index in [1.54, 1.807) is 0 Å². The van der Waals surface area contributed by atoms with Gasteiger partial charge in [0.25, 0.3) is 0 Å². The summed E-state index contributed by atoms with van der Waals surface area (Å²) < 4.78 is 11.0. The summed E-state index contributed by atoms with van der Waals surface area (Å²) in [6.07, 6.45) is 6.14. The highest BCUT2D eigenvalue weighted by atomic mass is 16.5. The van der Waals surface area contributed by atoms with Gasteiger partial charge in [-0.3, -0.25) is 0 Å². The van der Waals surface area contributed by atoms with Gasteiger partial charge in [-0.15, -0.1) is 10.2 Å². The number of aryl methyl sites for hydroxylation is 2. The molecule has 2 aromatic rings. The highest BCUT2D eigenvalue weighted by Crippen LogP contribution is 2.33. The number of hydrogen-bond acceptors (Lipinski definition) is 6. The second-order valence-electron chi connectivity index (χ2n) is 6.78. The van der Waals surface area contributed by atoms with Crippen molar-refractivity contribution in [3.05, 3.63) is 23.5 Å². The van der Waals surface area contributed by atoms with Gasteiger partial charge in [-0.2, -0.15) is 4.98 Å². The fourth-order valence-corrected chi connectivity index (χ4v) is 2.58. The molecule has 0 spiro atoms. The van der Waals surface area contributed by atoms with Gasteiger partial charge in [0.05, 0.1) is 0 Å². The second-order valence-corrected chi connectivity index (χ2v) is 6.78. The smallest absolute Gasteiger partial charge is 0.227 e. The summed E-state index contributed by atoms with van der Waals surface area (Å²) in [7, 11) is 0. The average molecular weight is 290 g/mol. The van der Waals surface area contributed by atoms with Gasteiger partial charge in [0, 0.05) is 24.2 Å². The molecule has 21 heavy (non-hydrogen) atoms. The molecular weight excluding hydrogens is 268 g/mol. The summed E-state index contributed by atoms with van der Waals surface area (Å²) in [5.74, 6) is 3.27. The van der Waals surface area contributed by atoms with Gasteiger partial charge in [-0.25, -0.2) is 0 Å². The zero-order valence-electron chi connectivity index (χ0n) is 12.9. The lowest BCUT2D eigenvalue weighted by molar-refractivity contribution is 0.355. The van der Waals surface area contributed by atoms with E-state index in [9.17, 15) is 0 Å². The quantitative estimate of drug-likeness (QED) is 0.860. The van der Waals surface area contributed by atoms with Crippen molar-refractivity contribution in [3.63, 3.8) is 0 Å². The third kappa shape index (κ3) is 3.31. The SMILES string of the molecule is CC(C)(C)c1noc(CCc2nnc(C3CCCC3)o2)n1. The molecule has 2 heterocycles. The minimum Gasteiger partial charge on any atom is -0.425 e. The van der Waals surface area contributed by atoms with Gasteiger partial charge in [0.2, 0.25) is 17.7 Å². The standard InChI is InChI=1S/C15H22N4O2/c1-15(2,3)14-16-11(21-19-14)8-9-12-17-18-13(20-12)10-6-4-5-7-10/h10H,4-9H2,1-3H3. The summed E-state index contributed by atoms with van der Waals surface area (Å²) >= 11 is 0. The van der Waals surface area contributed by atoms with Crippen molar-refractivity contribution < 1.29 is 8.94 Å². The third-order valence-corrected chi connectivity index (χ3v) is 3.88. The van der Waals surface area contributed by atoms with Gasteiger partial charge in [0.15, 0.2) is 5.82 Å². The molecule has 3 rings (SSSR count). The maximum absolute atomic E-state index is 5.75. The topological polar surface area (TPSA) is 77.8 Å². The van der Waals surface area contributed by atoms with Crippen LogP contribution in [0.3, 0.4) is 0 Å². The summed E-state index contributed by atoms with van der Waals surface area (Å²) in [6.45, 7) is 6.19. The first kappa shape index (κ1) is 14.2. The largest absolute Gasteiger partial charge is 0.425 e. The molecule has 0 aromatic carbocycles. The molecule has 114 valence electrons. The molecule has 0 radical (unpaired) electrons. The van der Waals surface area contributed by atoms with E-state index in [1.807, 2.05) is 0 Å². The molecule has 0 N–H and O–H groups in total. The van der Waals surface area contributed by atoms with Crippen LogP contribution < -0.4 is 0 Å². The lowest BCUT2D eigenvalue weighted by atomic mass is 9.96. The summed E-state index contributed by atoms with van der Waals surface area (Å²) in [4.78, 5) is 4.41. The van der Waals surface area contributed by atoms with Crippen LogP contribution in [0.15, 0.2) is 8.94 Å². The van der Waals surface area contributed by atoms with Crippen molar-refractivity contribution in [2.75, 3.05) is 0 Å². The van der Waals surface area contributed by atoms with E-state index < -0.39 is 0 Å². The summed E-state index contributed by atoms with van der Waals surface area (Å²) in [5, 5.41) is 12.3. The Bertz CT molecular complexity index is 591. The lowest BCUT2D eigenvalue weighted by Gasteiger charge is -2.10. The molecule has 1 aliphatic rings. The third-order valence-electron chi connectivity index (χ3n) is 3.88. The van der Waals surface area contributed by atoms with Crippen LogP contribution in [0.1, 0.15) is 75.9 Å². The number of rotatable bonds is 4. The van der Waals surface area contributed by atoms with Crippen LogP contribution in [0.5, 0.6) is 0 Å². The van der Waals surface area contributed by atoms with Crippen molar-refractivity contribution in [2.24, 2.45) is 0 Å². The molecular formula is C15H22N4O2. The maximum atomic E-state index is 5.75. The van der Waals surface area contributed by atoms with Crippen molar-refractivity contribution in [1.29, 1.82) is 0 Å². The number of nitrogens with zero attached hydrogens (tertiary/aromatic N) is 4. The fourth-order valence-electron chi connectivity index (χ4n) is 2.58. The van der Waals surface area contributed by atoms with Crippen molar-refractivity contribution >= 4 is 0 Å². The highest BCUT2D eigenvalue weighted by molar-refractivity contribution is 5.01. The van der Waals surface area contributed by atoms with E-state index in [4.69, 9.17) is 8.94 Å². The van der Waals surface area contributed by atoms with Gasteiger partial charge < -0.3 is 8.94 Å². The van der Waals surface area contributed by atoms with Gasteiger partial charge in [-0.05, 0) is 12.8 Å². The van der Waals surface area contributed by atoms with Gasteiger partial charge in [0.1, 0.15) is 0 Å². The first-order chi connectivity index (χ1) is 10.0. The Kier molecular flexibility index (Phi) is 3.78. The Balaban J connectivity index is 1.59. The van der Waals surface area contributed by atoms with Gasteiger partial charge in [-0.1, -0.05) is 38.8 Å². The van der Waals surface area contributed by atoms with Crippen LogP contribution in [-0.4, -0.2) is 20.3 Å². The monoisotopic (exact) mass is 290 g/mol. The maximum Gasteiger partial charge on any atom is 0.227 e. The molecule has 6 nitrogen and oxygen atoms in total. The van der Waals surface area contributed by atoms with Crippen LogP contribution in [0, 0.1) is 0 Å². The number of hydrogen-bond donors (Lipinski definition) is 0. The Morgan fingerprint density at radius 3 is 2.43 bits per heavy atom. The average Bonchev–Trinajstić information content (AvgIpc) is 3.16. The zero-order valence-corrected chi connectivity index (χ0v) is 12.9. The normalized spacial score (nSPS) is 16.7. The van der Waals surface area contributed by atoms with Crippen molar-refractivity contribution in [2.45, 2.75) is 70.6 Å². The van der Waals surface area contributed by atoms with Crippen molar-refractivity contribution in [3.8, 4) is 0 Å². The molecule has 0 saturated heterocycles. The number of aromatic nitrogens is 4. The second kappa shape index (κ2) is 5.58. The molecule has 2 aromatic heterocycles. The molecule has 0 atom stereocenters. The van der Waals surface area contributed by atoms with E-state index >= 15 is 0 Å². The summed E-state index contributed by atoms with van der Waals surface area (Å²) in [6, 6.07) is 0. The van der Waals surface area contributed by atoms with Crippen LogP contribution in [0.4, 0.5) is 0 Å². The molecule has 0 unspecified atom stereocenters. The molecule has 0 aliphatic heterocycles. The van der Waals surface area contributed by atoms with E-state index in [1.165, 1.54) is 25.7 Å². The minimum atomic E-state index is -0.0954. The van der Waals surface area contributed by atoms with Crippen LogP contribution in [-0.2, 0) is 18.3 Å². The minimum absolute atomic E-state index is 0.0954. The predicted molar refractivity (Wildman–Crippen MR) is 75.9 cm³/mol. The first-order valence-corrected chi connectivity index (χ1v) is 7.68. The molecule has 0 bridgehead atoms. The van der Waals surface area contributed by atoms with Gasteiger partial charge >= 0.3 is 0 Å². The van der Waals surface area contributed by atoms with Crippen LogP contribution >= 0.6 is 0 Å². The fraction of sp³-hybridized carbons (Fsp3) is 0.733. The van der Waals surface area contributed by atoms with E-state index in [0.29, 0.717) is 30.5 Å². The van der Waals surface area contributed by atoms with Crippen molar-refractivity contribution in [1.82, 2.24) is 20.3 Å². The molecule has 0 amide bonds. The van der Waals surface area contributed by atoms with Crippen LogP contribution in [0.2, 0.25) is 0 Å². The van der Waals surface area contributed by atoms with E-state index in [2.05, 4.69) is 41.1 Å². The first-order valence-electron chi connectivity index (χ1n) is 7.68. The Labute approximate surface area is 124 Å². The molecule has 6 heteroatoms. The Hall–Kier alpha value is -1.72.